The fourth-order valence-electron chi connectivity index (χ4n) is 2.70. The van der Waals surface area contributed by atoms with Gasteiger partial charge in [-0.05, 0) is 0 Å². The van der Waals surface area contributed by atoms with Crippen LogP contribution >= 0.6 is 19.0 Å². The summed E-state index contributed by atoms with van der Waals surface area (Å²) in [4.78, 5) is 16.7. The Labute approximate surface area is 132 Å². The summed E-state index contributed by atoms with van der Waals surface area (Å²) in [6.45, 7) is -4.19. The van der Waals surface area contributed by atoms with Crippen LogP contribution in [0.5, 0.6) is 0 Å². The maximum atomic E-state index is 14.6. The Kier molecular flexibility index (Phi) is 3.03. The Morgan fingerprint density at radius 2 is 2.30 bits per heavy atom. The maximum absolute atomic E-state index is 14.6. The van der Waals surface area contributed by atoms with Crippen LogP contribution in [0.4, 0.5) is 10.2 Å². The fourth-order valence-corrected chi connectivity index (χ4v) is 3.58. The third-order valence-corrected chi connectivity index (χ3v) is 4.62. The normalized spacial score (nSPS) is 38.4. The van der Waals surface area contributed by atoms with Gasteiger partial charge in [0.05, 0.1) is 0 Å². The number of hydrogen-bond donors (Lipinski definition) is 4. The van der Waals surface area contributed by atoms with Crippen molar-refractivity contribution in [1.82, 2.24) is 25.0 Å². The van der Waals surface area contributed by atoms with E-state index in [4.69, 9.17) is 15.4 Å². The minimum absolute atomic E-state index is 0.0658. The molecule has 4 N–H and O–H groups in total. The summed E-state index contributed by atoms with van der Waals surface area (Å²) in [5.41, 5.74) is 3.85. The van der Waals surface area contributed by atoms with Gasteiger partial charge in [0.25, 0.3) is 0 Å². The van der Waals surface area contributed by atoms with Gasteiger partial charge >= 0.3 is 6.80 Å². The number of alkyl halides is 1. The lowest BCUT2D eigenvalue weighted by atomic mass is 10.2. The van der Waals surface area contributed by atoms with Crippen molar-refractivity contribution in [1.29, 1.82) is 0 Å². The smallest absolute Gasteiger partial charge is 0.382 e. The fraction of sp³-hybridized carbons (Fsp3) is 0.556. The number of thiol groups is 1. The van der Waals surface area contributed by atoms with Gasteiger partial charge in [0.1, 0.15) is 18.5 Å². The Morgan fingerprint density at radius 3 is 2.91 bits per heavy atom. The summed E-state index contributed by atoms with van der Waals surface area (Å²) < 4.78 is 36.7. The molecule has 0 aromatic carbocycles. The molecule has 1 saturated carbocycles. The minimum atomic E-state index is -4.19. The third-order valence-electron chi connectivity index (χ3n) is 3.84. The van der Waals surface area contributed by atoms with Crippen LogP contribution in [0.3, 0.4) is 0 Å². The van der Waals surface area contributed by atoms with E-state index < -0.39 is 37.0 Å². The van der Waals surface area contributed by atoms with Crippen LogP contribution in [0.25, 0.3) is 11.2 Å². The first-order chi connectivity index (χ1) is 10.7. The number of nitrogens with zero attached hydrogens (tertiary/aromatic N) is 5. The average molecular weight is 364 g/mol. The molecule has 4 rings (SSSR count). The molecule has 2 aliphatic rings. The van der Waals surface area contributed by atoms with Crippen LogP contribution in [-0.2, 0) is 13.8 Å². The minimum Gasteiger partial charge on any atom is -0.382 e. The van der Waals surface area contributed by atoms with E-state index in [1.54, 1.807) is 0 Å². The topological polar surface area (TPSA) is 158 Å². The number of nitrogens with two attached hydrogens (primary N) is 1. The largest absolute Gasteiger partial charge is 0.384 e. The Hall–Kier alpha value is -1.37. The molecule has 0 radical (unpaired) electrons. The number of aromatic nitrogens is 5. The molecule has 0 amide bonds. The van der Waals surface area contributed by atoms with Crippen molar-refractivity contribution in [2.45, 2.75) is 30.2 Å². The standard InChI is InChI=1S/C9H10FN6O5PS/c10-3-8(16-7-2(14-15-16)6(11)12-1-13-7)20-4-5(9(3,4)17)21-22(18,19)23/h1,3-5,8,17H,(H2,11,12,13)(H2,18,19,23)/t3-,4-,5?,8-,9+/m1/s1. The monoisotopic (exact) mass is 364 g/mol. The van der Waals surface area contributed by atoms with Crippen molar-refractivity contribution in [2.24, 2.45) is 0 Å². The SMILES string of the molecule is Nc1ncnc2c1nnn2[C@@H]1O[C@@H]2C(OP(=O)(O)S)[C@]2(O)[C@@H]1F. The van der Waals surface area contributed by atoms with E-state index in [1.807, 2.05) is 0 Å². The van der Waals surface area contributed by atoms with Gasteiger partial charge in [-0.2, -0.15) is 4.68 Å². The second kappa shape index (κ2) is 4.59. The highest BCUT2D eigenvalue weighted by Crippen LogP contribution is 2.62. The summed E-state index contributed by atoms with van der Waals surface area (Å²) in [6.07, 6.45) is -4.59. The van der Waals surface area contributed by atoms with Crippen LogP contribution in [0.2, 0.25) is 0 Å². The predicted octanol–water partition coefficient (Wildman–Crippen LogP) is -0.801. The first kappa shape index (κ1) is 15.2. The average Bonchev–Trinajstić information content (AvgIpc) is 2.78. The number of aliphatic hydroxyl groups is 1. The van der Waals surface area contributed by atoms with Gasteiger partial charge in [-0.3, -0.25) is 4.52 Å². The molecule has 1 aliphatic carbocycles. The first-order valence-electron chi connectivity index (χ1n) is 6.30. The molecule has 1 aliphatic heterocycles. The number of rotatable bonds is 3. The molecule has 2 unspecified atom stereocenters. The molecule has 14 heteroatoms. The van der Waals surface area contributed by atoms with Gasteiger partial charge in [0.2, 0.25) is 0 Å². The molecule has 0 spiro atoms. The molecule has 124 valence electrons. The van der Waals surface area contributed by atoms with Crippen molar-refractivity contribution in [2.75, 3.05) is 5.73 Å². The zero-order valence-electron chi connectivity index (χ0n) is 11.1. The molecule has 2 fully saturated rings. The number of fused-ring (bicyclic) bond motifs is 2. The number of halogens is 1. The lowest BCUT2D eigenvalue weighted by molar-refractivity contribution is -0.0624. The predicted molar refractivity (Wildman–Crippen MR) is 75.0 cm³/mol. The van der Waals surface area contributed by atoms with Crippen LogP contribution in [0, 0.1) is 0 Å². The first-order valence-corrected chi connectivity index (χ1v) is 9.03. The summed E-state index contributed by atoms with van der Waals surface area (Å²) in [5.74, 6) is 0.0658. The molecular weight excluding hydrogens is 354 g/mol. The van der Waals surface area contributed by atoms with Gasteiger partial charge in [-0.1, -0.05) is 17.5 Å². The molecule has 1 saturated heterocycles. The van der Waals surface area contributed by atoms with E-state index >= 15 is 0 Å². The van der Waals surface area contributed by atoms with E-state index in [0.29, 0.717) is 0 Å². The van der Waals surface area contributed by atoms with Gasteiger partial charge in [0.15, 0.2) is 35.0 Å². The highest BCUT2D eigenvalue weighted by atomic mass is 32.7. The quantitative estimate of drug-likeness (QED) is 0.401. The molecule has 23 heavy (non-hydrogen) atoms. The van der Waals surface area contributed by atoms with E-state index in [2.05, 4.69) is 37.1 Å². The Balaban J connectivity index is 1.64. The molecular formula is C9H10FN6O5PS. The lowest BCUT2D eigenvalue weighted by Gasteiger charge is -2.20. The summed E-state index contributed by atoms with van der Waals surface area (Å²) >= 11 is 3.33. The second-order valence-corrected chi connectivity index (χ2v) is 7.93. The molecule has 0 bridgehead atoms. The van der Waals surface area contributed by atoms with Crippen LogP contribution < -0.4 is 5.73 Å². The number of hydrogen-bond acceptors (Lipinski definition) is 9. The zero-order chi connectivity index (χ0) is 16.6. The van der Waals surface area contributed by atoms with E-state index in [-0.39, 0.29) is 17.0 Å². The van der Waals surface area contributed by atoms with Crippen LogP contribution in [0.1, 0.15) is 6.23 Å². The summed E-state index contributed by atoms with van der Waals surface area (Å²) in [6, 6.07) is 0. The second-order valence-electron chi connectivity index (χ2n) is 5.22. The lowest BCUT2D eigenvalue weighted by Crippen LogP contribution is -2.34. The highest BCUT2D eigenvalue weighted by molar-refractivity contribution is 8.44. The maximum Gasteiger partial charge on any atom is 0.384 e. The van der Waals surface area contributed by atoms with Crippen molar-refractivity contribution in [3.05, 3.63) is 6.33 Å². The van der Waals surface area contributed by atoms with Crippen molar-refractivity contribution >= 4 is 36.0 Å². The number of anilines is 1. The van der Waals surface area contributed by atoms with Crippen molar-refractivity contribution in [3.8, 4) is 0 Å². The number of ether oxygens (including phenoxy) is 1. The Morgan fingerprint density at radius 1 is 1.57 bits per heavy atom. The summed E-state index contributed by atoms with van der Waals surface area (Å²) in [5, 5.41) is 17.7. The van der Waals surface area contributed by atoms with Gasteiger partial charge in [0, 0.05) is 0 Å². The van der Waals surface area contributed by atoms with Crippen molar-refractivity contribution in [3.63, 3.8) is 0 Å². The van der Waals surface area contributed by atoms with E-state index in [9.17, 15) is 14.1 Å². The molecule has 11 nitrogen and oxygen atoms in total. The van der Waals surface area contributed by atoms with Crippen molar-refractivity contribution < 1.29 is 28.2 Å². The number of nitrogen functional groups attached to an aromatic ring is 1. The molecule has 2 aromatic heterocycles. The summed E-state index contributed by atoms with van der Waals surface area (Å²) in [7, 11) is 0. The molecule has 6 atom stereocenters. The van der Waals surface area contributed by atoms with E-state index in [0.717, 1.165) is 11.0 Å². The molecule has 2 aromatic rings. The third kappa shape index (κ3) is 2.08. The van der Waals surface area contributed by atoms with Crippen LogP contribution in [0.15, 0.2) is 6.33 Å². The molecule has 3 heterocycles. The Bertz CT molecular complexity index is 847. The van der Waals surface area contributed by atoms with Gasteiger partial charge < -0.3 is 20.5 Å². The highest BCUT2D eigenvalue weighted by Gasteiger charge is 2.80. The van der Waals surface area contributed by atoms with Gasteiger partial charge in [-0.15, -0.1) is 5.10 Å². The van der Waals surface area contributed by atoms with Crippen LogP contribution in [-0.4, -0.2) is 58.9 Å². The van der Waals surface area contributed by atoms with Gasteiger partial charge in [-0.25, -0.2) is 18.9 Å². The zero-order valence-corrected chi connectivity index (χ0v) is 12.9. The van der Waals surface area contributed by atoms with E-state index in [1.165, 1.54) is 0 Å².